The number of carbonyl (C=O) groups is 1. The zero-order valence-corrected chi connectivity index (χ0v) is 16.9. The minimum absolute atomic E-state index is 0.150. The molecule has 0 saturated carbocycles. The van der Waals surface area contributed by atoms with E-state index in [1.165, 1.54) is 25.4 Å². The summed E-state index contributed by atoms with van der Waals surface area (Å²) in [7, 11) is 1.53. The Morgan fingerprint density at radius 3 is 2.66 bits per heavy atom. The van der Waals surface area contributed by atoms with Gasteiger partial charge in [-0.05, 0) is 47.6 Å². The number of nitrogens with zero attached hydrogens (tertiary/aromatic N) is 1. The van der Waals surface area contributed by atoms with Gasteiger partial charge in [-0.15, -0.1) is 0 Å². The Morgan fingerprint density at radius 1 is 1.24 bits per heavy atom. The number of carbonyl (C=O) groups excluding carboxylic acids is 1. The van der Waals surface area contributed by atoms with E-state index in [0.717, 1.165) is 11.1 Å². The molecule has 3 rings (SSSR count). The molecule has 1 aromatic heterocycles. The van der Waals surface area contributed by atoms with Crippen LogP contribution in [0.15, 0.2) is 48.7 Å². The molecule has 150 valence electrons. The number of hydrogen-bond donors (Lipinski definition) is 2. The molecule has 0 spiro atoms. The molecule has 0 unspecified atom stereocenters. The average Bonchev–Trinajstić information content (AvgIpc) is 2.72. The summed E-state index contributed by atoms with van der Waals surface area (Å²) in [6.45, 7) is 0.375. The molecule has 0 saturated heterocycles. The number of amides is 1. The van der Waals surface area contributed by atoms with Crippen molar-refractivity contribution in [2.45, 2.75) is 13.2 Å². The van der Waals surface area contributed by atoms with Crippen molar-refractivity contribution < 1.29 is 18.7 Å². The number of H-pyrrole nitrogens is 1. The number of methoxy groups -OCH3 is 1. The van der Waals surface area contributed by atoms with Crippen LogP contribution in [0, 0.1) is 10.6 Å². The lowest BCUT2D eigenvalue weighted by molar-refractivity contribution is 0.0944. The molecule has 9 heteroatoms. The van der Waals surface area contributed by atoms with E-state index in [0.29, 0.717) is 10.8 Å². The van der Waals surface area contributed by atoms with Crippen LogP contribution < -0.4 is 14.8 Å². The van der Waals surface area contributed by atoms with E-state index in [2.05, 4.69) is 15.3 Å². The zero-order valence-electron chi connectivity index (χ0n) is 15.4. The van der Waals surface area contributed by atoms with Crippen molar-refractivity contribution >= 4 is 29.7 Å². The first-order valence-corrected chi connectivity index (χ1v) is 9.32. The van der Waals surface area contributed by atoms with E-state index in [-0.39, 0.29) is 35.2 Å². The molecule has 1 heterocycles. The van der Waals surface area contributed by atoms with Crippen LogP contribution in [0.3, 0.4) is 0 Å². The first-order valence-electron chi connectivity index (χ1n) is 8.53. The highest BCUT2D eigenvalue weighted by atomic mass is 35.5. The van der Waals surface area contributed by atoms with Crippen LogP contribution in [-0.4, -0.2) is 23.0 Å². The summed E-state index contributed by atoms with van der Waals surface area (Å²) in [5, 5.41) is 3.20. The summed E-state index contributed by atoms with van der Waals surface area (Å²) in [6.07, 6.45) is 1.34. The van der Waals surface area contributed by atoms with Gasteiger partial charge >= 0.3 is 0 Å². The van der Waals surface area contributed by atoms with Crippen molar-refractivity contribution in [1.82, 2.24) is 15.3 Å². The molecule has 3 aromatic rings. The lowest BCUT2D eigenvalue weighted by Gasteiger charge is -2.12. The summed E-state index contributed by atoms with van der Waals surface area (Å²) in [5.74, 6) is -0.00166. The molecule has 29 heavy (non-hydrogen) atoms. The molecule has 2 aromatic carbocycles. The van der Waals surface area contributed by atoms with Gasteiger partial charge in [0.2, 0.25) is 5.88 Å². The van der Waals surface area contributed by atoms with Gasteiger partial charge in [0.25, 0.3) is 5.91 Å². The Labute approximate surface area is 176 Å². The van der Waals surface area contributed by atoms with Gasteiger partial charge in [-0.25, -0.2) is 9.37 Å². The van der Waals surface area contributed by atoms with E-state index in [4.69, 9.17) is 33.3 Å². The van der Waals surface area contributed by atoms with Gasteiger partial charge in [0.15, 0.2) is 4.77 Å². The smallest absolute Gasteiger partial charge is 0.258 e. The van der Waals surface area contributed by atoms with Crippen molar-refractivity contribution in [2.75, 3.05) is 7.11 Å². The van der Waals surface area contributed by atoms with Crippen molar-refractivity contribution in [3.8, 4) is 11.6 Å². The molecule has 2 N–H and O–H groups in total. The monoisotopic (exact) mass is 433 g/mol. The number of nitrogens with one attached hydrogen (secondary N) is 2. The number of rotatable bonds is 7. The van der Waals surface area contributed by atoms with Crippen LogP contribution in [0.25, 0.3) is 0 Å². The number of aromatic amines is 1. The van der Waals surface area contributed by atoms with Crippen LogP contribution in [0.4, 0.5) is 4.39 Å². The third-order valence-electron chi connectivity index (χ3n) is 3.99. The lowest BCUT2D eigenvalue weighted by atomic mass is 10.2. The summed E-state index contributed by atoms with van der Waals surface area (Å²) < 4.78 is 24.0. The standard InChI is InChI=1S/C20H17ClFN3O3S/c1-27-17-7-4-13(8-16(17)21)11-28-19-15(10-24-20(29)25-19)18(26)23-9-12-2-5-14(22)6-3-12/h2-8,10H,9,11H2,1H3,(H,23,26)(H,24,25,29). The van der Waals surface area contributed by atoms with Crippen molar-refractivity contribution in [2.24, 2.45) is 0 Å². The normalized spacial score (nSPS) is 10.4. The fraction of sp³-hybridized carbons (Fsp3) is 0.150. The number of hydrogen-bond acceptors (Lipinski definition) is 5. The van der Waals surface area contributed by atoms with Crippen molar-refractivity contribution in [3.63, 3.8) is 0 Å². The van der Waals surface area contributed by atoms with Crippen LogP contribution in [0.1, 0.15) is 21.5 Å². The minimum atomic E-state index is -0.407. The van der Waals surface area contributed by atoms with Crippen LogP contribution in [-0.2, 0) is 13.2 Å². The second-order valence-corrected chi connectivity index (χ2v) is 6.79. The Bertz CT molecular complexity index is 1070. The summed E-state index contributed by atoms with van der Waals surface area (Å²) in [5.41, 5.74) is 1.73. The maximum atomic E-state index is 13.0. The topological polar surface area (TPSA) is 76.2 Å². The summed E-state index contributed by atoms with van der Waals surface area (Å²) >= 11 is 11.2. The molecule has 0 aliphatic heterocycles. The van der Waals surface area contributed by atoms with Crippen LogP contribution >= 0.6 is 23.8 Å². The molecule has 0 atom stereocenters. The second-order valence-electron chi connectivity index (χ2n) is 6.00. The first kappa shape index (κ1) is 20.8. The van der Waals surface area contributed by atoms with Crippen molar-refractivity contribution in [3.05, 3.63) is 81.0 Å². The van der Waals surface area contributed by atoms with Crippen LogP contribution in [0.2, 0.25) is 5.02 Å². The Morgan fingerprint density at radius 2 is 1.97 bits per heavy atom. The van der Waals surface area contributed by atoms with Gasteiger partial charge in [0, 0.05) is 12.7 Å². The largest absolute Gasteiger partial charge is 0.495 e. The maximum absolute atomic E-state index is 13.0. The van der Waals surface area contributed by atoms with E-state index >= 15 is 0 Å². The average molecular weight is 434 g/mol. The highest BCUT2D eigenvalue weighted by Gasteiger charge is 2.14. The maximum Gasteiger partial charge on any atom is 0.258 e. The minimum Gasteiger partial charge on any atom is -0.495 e. The Kier molecular flexibility index (Phi) is 6.79. The fourth-order valence-electron chi connectivity index (χ4n) is 2.49. The molecule has 0 aliphatic carbocycles. The fourth-order valence-corrected chi connectivity index (χ4v) is 2.91. The highest BCUT2D eigenvalue weighted by molar-refractivity contribution is 7.71. The van der Waals surface area contributed by atoms with E-state index in [1.54, 1.807) is 30.3 Å². The number of halogens is 2. The predicted octanol–water partition coefficient (Wildman–Crippen LogP) is 4.45. The van der Waals surface area contributed by atoms with Gasteiger partial charge in [0.1, 0.15) is 23.7 Å². The molecule has 0 aliphatic rings. The number of aromatic nitrogens is 2. The van der Waals surface area contributed by atoms with Gasteiger partial charge in [-0.3, -0.25) is 4.79 Å². The molecular formula is C20H17ClFN3O3S. The Hall–Kier alpha value is -2.97. The highest BCUT2D eigenvalue weighted by Crippen LogP contribution is 2.25. The van der Waals surface area contributed by atoms with E-state index in [9.17, 15) is 9.18 Å². The summed E-state index contributed by atoms with van der Waals surface area (Å²) in [4.78, 5) is 19.3. The van der Waals surface area contributed by atoms with E-state index < -0.39 is 5.91 Å². The molecular weight excluding hydrogens is 417 g/mol. The molecule has 0 bridgehead atoms. The Balaban J connectivity index is 1.71. The SMILES string of the molecule is COc1ccc(COc2[nH]c(=S)ncc2C(=O)NCc2ccc(F)cc2)cc1Cl. The van der Waals surface area contributed by atoms with Gasteiger partial charge in [0.05, 0.1) is 12.1 Å². The number of benzene rings is 2. The van der Waals surface area contributed by atoms with Gasteiger partial charge in [-0.2, -0.15) is 0 Å². The second kappa shape index (κ2) is 9.49. The zero-order chi connectivity index (χ0) is 20.8. The quantitative estimate of drug-likeness (QED) is 0.538. The first-order chi connectivity index (χ1) is 14.0. The summed E-state index contributed by atoms with van der Waals surface area (Å²) in [6, 6.07) is 11.1. The van der Waals surface area contributed by atoms with Gasteiger partial charge < -0.3 is 19.8 Å². The van der Waals surface area contributed by atoms with E-state index in [1.807, 2.05) is 0 Å². The van der Waals surface area contributed by atoms with Crippen LogP contribution in [0.5, 0.6) is 11.6 Å². The molecule has 6 nitrogen and oxygen atoms in total. The molecule has 0 radical (unpaired) electrons. The third-order valence-corrected chi connectivity index (χ3v) is 4.49. The third kappa shape index (κ3) is 5.52. The predicted molar refractivity (Wildman–Crippen MR) is 109 cm³/mol. The molecule has 1 amide bonds. The van der Waals surface area contributed by atoms with Gasteiger partial charge in [-0.1, -0.05) is 29.8 Å². The number of ether oxygens (including phenoxy) is 2. The molecule has 0 fully saturated rings. The lowest BCUT2D eigenvalue weighted by Crippen LogP contribution is -2.24. The van der Waals surface area contributed by atoms with Crippen molar-refractivity contribution in [1.29, 1.82) is 0 Å².